The summed E-state index contributed by atoms with van der Waals surface area (Å²) in [4.78, 5) is 11.8. The van der Waals surface area contributed by atoms with Crippen molar-refractivity contribution in [2.45, 2.75) is 44.6 Å². The molecule has 1 saturated carbocycles. The normalized spacial score (nSPS) is 17.0. The lowest BCUT2D eigenvalue weighted by Crippen LogP contribution is -2.42. The molecular formula is C12H16F3N3O2. The number of halogens is 3. The van der Waals surface area contributed by atoms with E-state index in [1.54, 1.807) is 6.92 Å². The van der Waals surface area contributed by atoms with Crippen LogP contribution in [0.25, 0.3) is 0 Å². The summed E-state index contributed by atoms with van der Waals surface area (Å²) < 4.78 is 43.5. The van der Waals surface area contributed by atoms with Crippen LogP contribution in [0.5, 0.6) is 0 Å². The van der Waals surface area contributed by atoms with E-state index in [0.29, 0.717) is 0 Å². The molecule has 1 aromatic heterocycles. The summed E-state index contributed by atoms with van der Waals surface area (Å²) in [6.45, 7) is 1.93. The van der Waals surface area contributed by atoms with Gasteiger partial charge in [-0.15, -0.1) is 0 Å². The van der Waals surface area contributed by atoms with E-state index in [0.717, 1.165) is 29.9 Å². The zero-order chi connectivity index (χ0) is 14.8. The van der Waals surface area contributed by atoms with Gasteiger partial charge >= 0.3 is 12.1 Å². The number of carbonyl (C=O) groups excluding carboxylic acids is 1. The summed E-state index contributed by atoms with van der Waals surface area (Å²) in [5.41, 5.74) is -0.827. The molecular weight excluding hydrogens is 275 g/mol. The molecule has 0 aliphatic heterocycles. The smallest absolute Gasteiger partial charge is 0.419 e. The minimum atomic E-state index is -4.43. The SMILES string of the molecule is CCOC(=O)C(Cn1cc(C(F)(F)F)cn1)NC1CC1. The van der Waals surface area contributed by atoms with E-state index in [1.807, 2.05) is 0 Å². The van der Waals surface area contributed by atoms with E-state index >= 15 is 0 Å². The van der Waals surface area contributed by atoms with E-state index in [4.69, 9.17) is 4.74 Å². The fourth-order valence-electron chi connectivity index (χ4n) is 1.77. The maximum Gasteiger partial charge on any atom is 0.419 e. The molecule has 1 aliphatic rings. The fourth-order valence-corrected chi connectivity index (χ4v) is 1.77. The zero-order valence-electron chi connectivity index (χ0n) is 11.0. The second-order valence-electron chi connectivity index (χ2n) is 4.69. The minimum absolute atomic E-state index is 0.0193. The lowest BCUT2D eigenvalue weighted by atomic mass is 10.3. The lowest BCUT2D eigenvalue weighted by molar-refractivity contribution is -0.146. The van der Waals surface area contributed by atoms with Crippen molar-refractivity contribution in [1.82, 2.24) is 15.1 Å². The molecule has 1 aliphatic carbocycles. The molecule has 8 heteroatoms. The molecule has 0 aromatic carbocycles. The first-order valence-corrected chi connectivity index (χ1v) is 6.42. The van der Waals surface area contributed by atoms with E-state index in [9.17, 15) is 18.0 Å². The van der Waals surface area contributed by atoms with Gasteiger partial charge in [-0.05, 0) is 19.8 Å². The summed E-state index contributed by atoms with van der Waals surface area (Å²) in [6.07, 6.45) is -0.868. The van der Waals surface area contributed by atoms with Crippen molar-refractivity contribution >= 4 is 5.97 Å². The third kappa shape index (κ3) is 3.96. The van der Waals surface area contributed by atoms with E-state index in [2.05, 4.69) is 10.4 Å². The molecule has 0 radical (unpaired) electrons. The molecule has 1 N–H and O–H groups in total. The Bertz CT molecular complexity index is 469. The number of hydrogen-bond acceptors (Lipinski definition) is 4. The first-order valence-electron chi connectivity index (χ1n) is 6.42. The van der Waals surface area contributed by atoms with E-state index in [-0.39, 0.29) is 19.2 Å². The van der Waals surface area contributed by atoms with Crippen molar-refractivity contribution in [3.05, 3.63) is 18.0 Å². The Balaban J connectivity index is 2.02. The molecule has 2 rings (SSSR count). The maximum atomic E-state index is 12.5. The molecule has 1 aromatic rings. The summed E-state index contributed by atoms with van der Waals surface area (Å²) in [7, 11) is 0. The highest BCUT2D eigenvalue weighted by Gasteiger charge is 2.33. The predicted molar refractivity (Wildman–Crippen MR) is 63.8 cm³/mol. The minimum Gasteiger partial charge on any atom is -0.465 e. The number of hydrogen-bond donors (Lipinski definition) is 1. The largest absolute Gasteiger partial charge is 0.465 e. The summed E-state index contributed by atoms with van der Waals surface area (Å²) in [5, 5.41) is 6.70. The van der Waals surface area contributed by atoms with Crippen LogP contribution in [0, 0.1) is 0 Å². The number of ether oxygens (including phenoxy) is 1. The van der Waals surface area contributed by atoms with Gasteiger partial charge in [0.25, 0.3) is 0 Å². The van der Waals surface area contributed by atoms with Crippen LogP contribution in [-0.2, 0) is 22.3 Å². The number of nitrogens with zero attached hydrogens (tertiary/aromatic N) is 2. The Labute approximate surface area is 114 Å². The van der Waals surface area contributed by atoms with Gasteiger partial charge in [0.1, 0.15) is 6.04 Å². The summed E-state index contributed by atoms with van der Waals surface area (Å²) in [5.74, 6) is -0.469. The van der Waals surface area contributed by atoms with Crippen molar-refractivity contribution in [3.63, 3.8) is 0 Å². The number of alkyl halides is 3. The highest BCUT2D eigenvalue weighted by molar-refractivity contribution is 5.75. The van der Waals surface area contributed by atoms with Gasteiger partial charge in [-0.2, -0.15) is 18.3 Å². The van der Waals surface area contributed by atoms with Gasteiger partial charge in [0.05, 0.1) is 24.9 Å². The molecule has 20 heavy (non-hydrogen) atoms. The molecule has 112 valence electrons. The van der Waals surface area contributed by atoms with Crippen LogP contribution in [0.3, 0.4) is 0 Å². The van der Waals surface area contributed by atoms with Crippen LogP contribution in [0.15, 0.2) is 12.4 Å². The van der Waals surface area contributed by atoms with Crippen LogP contribution >= 0.6 is 0 Å². The van der Waals surface area contributed by atoms with Gasteiger partial charge in [-0.25, -0.2) is 0 Å². The number of nitrogens with one attached hydrogen (secondary N) is 1. The van der Waals surface area contributed by atoms with Gasteiger partial charge < -0.3 is 10.1 Å². The molecule has 1 atom stereocenters. The quantitative estimate of drug-likeness (QED) is 0.809. The Morgan fingerprint density at radius 2 is 2.30 bits per heavy atom. The van der Waals surface area contributed by atoms with Crippen LogP contribution in [0.1, 0.15) is 25.3 Å². The first-order chi connectivity index (χ1) is 9.40. The van der Waals surface area contributed by atoms with Crippen molar-refractivity contribution in [2.24, 2.45) is 0 Å². The first kappa shape index (κ1) is 14.8. The topological polar surface area (TPSA) is 56.2 Å². The van der Waals surface area contributed by atoms with Gasteiger partial charge in [-0.3, -0.25) is 9.48 Å². The second kappa shape index (κ2) is 5.82. The van der Waals surface area contributed by atoms with Crippen LogP contribution in [0.2, 0.25) is 0 Å². The molecule has 0 saturated heterocycles. The number of aromatic nitrogens is 2. The standard InChI is InChI=1S/C12H16F3N3O2/c1-2-20-11(19)10(17-9-3-4-9)7-18-6-8(5-16-18)12(13,14)15/h5-6,9-10,17H,2-4,7H2,1H3. The van der Waals surface area contributed by atoms with E-state index in [1.165, 1.54) is 0 Å². The van der Waals surface area contributed by atoms with Gasteiger partial charge in [-0.1, -0.05) is 0 Å². The second-order valence-corrected chi connectivity index (χ2v) is 4.69. The Morgan fingerprint density at radius 3 is 2.80 bits per heavy atom. The monoisotopic (exact) mass is 291 g/mol. The van der Waals surface area contributed by atoms with Crippen molar-refractivity contribution in [3.8, 4) is 0 Å². The molecule has 1 heterocycles. The highest BCUT2D eigenvalue weighted by atomic mass is 19.4. The number of esters is 1. The predicted octanol–water partition coefficient (Wildman–Crippen LogP) is 1.59. The van der Waals surface area contributed by atoms with Crippen molar-refractivity contribution < 1.29 is 22.7 Å². The molecule has 0 amide bonds. The third-order valence-corrected chi connectivity index (χ3v) is 2.92. The Kier molecular flexibility index (Phi) is 4.32. The molecule has 0 spiro atoms. The van der Waals surface area contributed by atoms with Gasteiger partial charge in [0.2, 0.25) is 0 Å². The third-order valence-electron chi connectivity index (χ3n) is 2.92. The van der Waals surface area contributed by atoms with Gasteiger partial charge in [0, 0.05) is 12.2 Å². The zero-order valence-corrected chi connectivity index (χ0v) is 11.0. The lowest BCUT2D eigenvalue weighted by Gasteiger charge is -2.16. The van der Waals surface area contributed by atoms with Crippen LogP contribution in [0.4, 0.5) is 13.2 Å². The summed E-state index contributed by atoms with van der Waals surface area (Å²) >= 11 is 0. The molecule has 1 unspecified atom stereocenters. The number of carbonyl (C=O) groups is 1. The van der Waals surface area contributed by atoms with E-state index < -0.39 is 23.8 Å². The average Bonchev–Trinajstić information content (AvgIpc) is 3.03. The Morgan fingerprint density at radius 1 is 1.60 bits per heavy atom. The van der Waals surface area contributed by atoms with Crippen molar-refractivity contribution in [1.29, 1.82) is 0 Å². The maximum absolute atomic E-state index is 12.5. The Hall–Kier alpha value is -1.57. The summed E-state index contributed by atoms with van der Waals surface area (Å²) in [6, 6.07) is -0.439. The fraction of sp³-hybridized carbons (Fsp3) is 0.667. The van der Waals surface area contributed by atoms with Gasteiger partial charge in [0.15, 0.2) is 0 Å². The van der Waals surface area contributed by atoms with Crippen molar-refractivity contribution in [2.75, 3.05) is 6.61 Å². The number of rotatable bonds is 6. The molecule has 5 nitrogen and oxygen atoms in total. The van der Waals surface area contributed by atoms with Crippen LogP contribution < -0.4 is 5.32 Å². The highest BCUT2D eigenvalue weighted by Crippen LogP contribution is 2.28. The molecule has 0 bridgehead atoms. The molecule has 1 fully saturated rings. The average molecular weight is 291 g/mol. The van der Waals surface area contributed by atoms with Crippen LogP contribution in [-0.4, -0.2) is 34.4 Å².